The lowest BCUT2D eigenvalue weighted by molar-refractivity contribution is -0.130. The summed E-state index contributed by atoms with van der Waals surface area (Å²) in [5.41, 5.74) is 1.23. The van der Waals surface area contributed by atoms with Crippen LogP contribution in [0.5, 0.6) is 0 Å². The van der Waals surface area contributed by atoms with Crippen LogP contribution in [0, 0.1) is 0 Å². The molecule has 0 aliphatic carbocycles. The third kappa shape index (κ3) is 3.29. The highest BCUT2D eigenvalue weighted by atomic mass is 16.2. The van der Waals surface area contributed by atoms with E-state index in [2.05, 4.69) is 4.98 Å². The largest absolute Gasteiger partial charge is 0.367 e. The van der Waals surface area contributed by atoms with Crippen LogP contribution in [0.2, 0.25) is 0 Å². The van der Waals surface area contributed by atoms with Gasteiger partial charge in [0.05, 0.1) is 0 Å². The summed E-state index contributed by atoms with van der Waals surface area (Å²) in [5, 5.41) is 1.14. The molecule has 0 saturated heterocycles. The molecule has 1 rings (SSSR count). The van der Waals surface area contributed by atoms with Gasteiger partial charge in [-0.1, -0.05) is 0 Å². The first kappa shape index (κ1) is 9.80. The van der Waals surface area contributed by atoms with Gasteiger partial charge in [0.1, 0.15) is 0 Å². The number of rotatable bonds is 4. The van der Waals surface area contributed by atoms with Crippen LogP contribution >= 0.6 is 0 Å². The van der Waals surface area contributed by atoms with Crippen molar-refractivity contribution in [2.24, 2.45) is 5.84 Å². The molecule has 0 fully saturated rings. The zero-order valence-electron chi connectivity index (χ0n) is 7.79. The number of hydrogen-bond donors (Lipinski definition) is 2. The molecule has 1 aromatic heterocycles. The first-order chi connectivity index (χ1) is 6.20. The number of carbonyl (C=O) groups excluding carboxylic acids is 1. The summed E-state index contributed by atoms with van der Waals surface area (Å²) in [6.45, 7) is 0. The summed E-state index contributed by atoms with van der Waals surface area (Å²) in [5.74, 6) is 5.25. The summed E-state index contributed by atoms with van der Waals surface area (Å²) in [6.07, 6.45) is 6.10. The smallest absolute Gasteiger partial charge is 0.236 e. The number of carbonyl (C=O) groups is 1. The molecule has 0 spiro atoms. The first-order valence-electron chi connectivity index (χ1n) is 4.33. The van der Waals surface area contributed by atoms with Gasteiger partial charge < -0.3 is 4.98 Å². The Balaban J connectivity index is 2.18. The van der Waals surface area contributed by atoms with Crippen molar-refractivity contribution in [2.45, 2.75) is 19.3 Å². The number of aromatic amines is 1. The van der Waals surface area contributed by atoms with E-state index < -0.39 is 0 Å². The van der Waals surface area contributed by atoms with Gasteiger partial charge in [-0.15, -0.1) is 0 Å². The van der Waals surface area contributed by atoms with Crippen molar-refractivity contribution in [3.63, 3.8) is 0 Å². The molecule has 1 heterocycles. The van der Waals surface area contributed by atoms with E-state index in [1.807, 2.05) is 18.5 Å². The van der Waals surface area contributed by atoms with E-state index in [0.717, 1.165) is 17.9 Å². The van der Waals surface area contributed by atoms with Crippen molar-refractivity contribution in [3.8, 4) is 0 Å². The molecule has 0 aliphatic heterocycles. The highest BCUT2D eigenvalue weighted by Crippen LogP contribution is 2.03. The predicted octanol–water partition coefficient (Wildman–Crippen LogP) is 0.669. The van der Waals surface area contributed by atoms with Crippen LogP contribution in [0.15, 0.2) is 18.5 Å². The molecule has 3 N–H and O–H groups in total. The predicted molar refractivity (Wildman–Crippen MR) is 50.7 cm³/mol. The van der Waals surface area contributed by atoms with Crippen LogP contribution in [0.25, 0.3) is 0 Å². The summed E-state index contributed by atoms with van der Waals surface area (Å²) in [6, 6.07) is 2.01. The lowest BCUT2D eigenvalue weighted by Gasteiger charge is -2.08. The molecule has 4 heteroatoms. The highest BCUT2D eigenvalue weighted by molar-refractivity contribution is 5.75. The Morgan fingerprint density at radius 3 is 3.00 bits per heavy atom. The summed E-state index contributed by atoms with van der Waals surface area (Å²) in [7, 11) is 1.57. The van der Waals surface area contributed by atoms with Crippen molar-refractivity contribution >= 4 is 5.91 Å². The molecule has 0 atom stereocenters. The molecule has 0 radical (unpaired) electrons. The van der Waals surface area contributed by atoms with Gasteiger partial charge in [0, 0.05) is 25.9 Å². The second kappa shape index (κ2) is 4.67. The maximum absolute atomic E-state index is 11.1. The Morgan fingerprint density at radius 1 is 1.69 bits per heavy atom. The molecule has 0 aliphatic rings. The van der Waals surface area contributed by atoms with Crippen LogP contribution in [0.4, 0.5) is 0 Å². The van der Waals surface area contributed by atoms with E-state index in [9.17, 15) is 4.79 Å². The molecule has 0 unspecified atom stereocenters. The minimum Gasteiger partial charge on any atom is -0.367 e. The third-order valence-corrected chi connectivity index (χ3v) is 1.91. The van der Waals surface area contributed by atoms with Gasteiger partial charge in [-0.05, 0) is 24.5 Å². The van der Waals surface area contributed by atoms with Gasteiger partial charge in [-0.25, -0.2) is 5.84 Å². The first-order valence-corrected chi connectivity index (χ1v) is 4.33. The molecule has 1 aromatic rings. The maximum atomic E-state index is 11.1. The van der Waals surface area contributed by atoms with E-state index in [1.165, 1.54) is 5.56 Å². The van der Waals surface area contributed by atoms with Gasteiger partial charge in [0.15, 0.2) is 0 Å². The number of amides is 1. The van der Waals surface area contributed by atoms with Crippen molar-refractivity contribution in [1.82, 2.24) is 9.99 Å². The lowest BCUT2D eigenvalue weighted by Crippen LogP contribution is -2.32. The fourth-order valence-electron chi connectivity index (χ4n) is 1.13. The number of nitrogens with two attached hydrogens (primary N) is 1. The topological polar surface area (TPSA) is 62.1 Å². The Morgan fingerprint density at radius 2 is 2.46 bits per heavy atom. The summed E-state index contributed by atoms with van der Waals surface area (Å²) >= 11 is 0. The van der Waals surface area contributed by atoms with E-state index in [4.69, 9.17) is 5.84 Å². The van der Waals surface area contributed by atoms with Crippen molar-refractivity contribution in [3.05, 3.63) is 24.0 Å². The number of nitrogens with one attached hydrogen (secondary N) is 1. The molecule has 13 heavy (non-hydrogen) atoms. The van der Waals surface area contributed by atoms with E-state index in [-0.39, 0.29) is 5.91 Å². The Kier molecular flexibility index (Phi) is 3.52. The second-order valence-electron chi connectivity index (χ2n) is 3.08. The van der Waals surface area contributed by atoms with Gasteiger partial charge >= 0.3 is 0 Å². The van der Waals surface area contributed by atoms with Gasteiger partial charge in [0.25, 0.3) is 0 Å². The Labute approximate surface area is 77.7 Å². The van der Waals surface area contributed by atoms with Crippen LogP contribution in [0.1, 0.15) is 18.4 Å². The molecular weight excluding hydrogens is 166 g/mol. The number of hydrazine groups is 1. The van der Waals surface area contributed by atoms with Gasteiger partial charge in [0.2, 0.25) is 5.91 Å². The molecule has 0 aromatic carbocycles. The lowest BCUT2D eigenvalue weighted by atomic mass is 10.1. The van der Waals surface area contributed by atoms with Gasteiger partial charge in [-0.3, -0.25) is 9.80 Å². The fourth-order valence-corrected chi connectivity index (χ4v) is 1.13. The van der Waals surface area contributed by atoms with E-state index in [0.29, 0.717) is 6.42 Å². The van der Waals surface area contributed by atoms with Crippen molar-refractivity contribution < 1.29 is 4.79 Å². The number of nitrogens with zero attached hydrogens (tertiary/aromatic N) is 1. The monoisotopic (exact) mass is 181 g/mol. The quantitative estimate of drug-likeness (QED) is 0.407. The highest BCUT2D eigenvalue weighted by Gasteiger charge is 2.03. The molecule has 0 saturated carbocycles. The molecular formula is C9H15N3O. The average molecular weight is 181 g/mol. The SMILES string of the molecule is CN(N)C(=O)CCCc1cc[nH]c1. The van der Waals surface area contributed by atoms with E-state index >= 15 is 0 Å². The average Bonchev–Trinajstić information content (AvgIpc) is 2.56. The van der Waals surface area contributed by atoms with Crippen LogP contribution < -0.4 is 5.84 Å². The van der Waals surface area contributed by atoms with Crippen molar-refractivity contribution in [1.29, 1.82) is 0 Å². The van der Waals surface area contributed by atoms with Crippen LogP contribution in [-0.4, -0.2) is 22.9 Å². The normalized spacial score (nSPS) is 10.0. The zero-order chi connectivity index (χ0) is 9.68. The van der Waals surface area contributed by atoms with Gasteiger partial charge in [-0.2, -0.15) is 0 Å². The summed E-state index contributed by atoms with van der Waals surface area (Å²) in [4.78, 5) is 14.0. The number of hydrogen-bond acceptors (Lipinski definition) is 2. The number of aryl methyl sites for hydroxylation is 1. The molecule has 0 bridgehead atoms. The summed E-state index contributed by atoms with van der Waals surface area (Å²) < 4.78 is 0. The second-order valence-corrected chi connectivity index (χ2v) is 3.08. The van der Waals surface area contributed by atoms with E-state index in [1.54, 1.807) is 7.05 Å². The van der Waals surface area contributed by atoms with Crippen molar-refractivity contribution in [2.75, 3.05) is 7.05 Å². The molecule has 4 nitrogen and oxygen atoms in total. The number of aromatic nitrogens is 1. The molecule has 72 valence electrons. The zero-order valence-corrected chi connectivity index (χ0v) is 7.79. The minimum atomic E-state index is -0.0180. The standard InChI is InChI=1S/C9H15N3O/c1-12(10)9(13)4-2-3-8-5-6-11-7-8/h5-7,11H,2-4,10H2,1H3. The fraction of sp³-hybridized carbons (Fsp3) is 0.444. The third-order valence-electron chi connectivity index (χ3n) is 1.91. The Hall–Kier alpha value is -1.29. The molecule has 1 amide bonds. The van der Waals surface area contributed by atoms with Crippen LogP contribution in [-0.2, 0) is 11.2 Å². The van der Waals surface area contributed by atoms with Crippen LogP contribution in [0.3, 0.4) is 0 Å². The number of H-pyrrole nitrogens is 1. The minimum absolute atomic E-state index is 0.0180. The Bertz CT molecular complexity index is 254. The maximum Gasteiger partial charge on any atom is 0.236 e.